The molecule has 2 rings (SSSR count). The molecular weight excluding hydrogens is 417 g/mol. The fourth-order valence-corrected chi connectivity index (χ4v) is 3.06. The number of nitrogens with zero attached hydrogens (tertiary/aromatic N) is 1. The van der Waals surface area contributed by atoms with Crippen molar-refractivity contribution in [1.29, 1.82) is 0 Å². The van der Waals surface area contributed by atoms with Crippen molar-refractivity contribution in [3.63, 3.8) is 0 Å². The molecule has 0 radical (unpaired) electrons. The number of carboxylic acid groups (broad SMARTS) is 1. The number of oxime groups is 1. The quantitative estimate of drug-likeness (QED) is 0.394. The standard InChI is InChI=1S/C21H23Cl2NO5/c1-13(2)8-9-28-20-17(22)10-15(11-18(20)23)29-12-14-6-4-5-7-16(14)19(21(25)26)24-27-3/h4-7,10-11,13H,8-9,12H2,1-3H3,(H,25,26). The molecule has 8 heteroatoms. The molecule has 0 aromatic heterocycles. The van der Waals surface area contributed by atoms with Gasteiger partial charge in [0.25, 0.3) is 0 Å². The molecule has 0 spiro atoms. The van der Waals surface area contributed by atoms with Crippen LogP contribution in [0.4, 0.5) is 0 Å². The zero-order valence-electron chi connectivity index (χ0n) is 16.4. The van der Waals surface area contributed by atoms with Gasteiger partial charge in [0.2, 0.25) is 0 Å². The minimum absolute atomic E-state index is 0.0897. The van der Waals surface area contributed by atoms with Gasteiger partial charge in [-0.05, 0) is 17.9 Å². The smallest absolute Gasteiger partial charge is 0.358 e. The van der Waals surface area contributed by atoms with Crippen LogP contribution in [0.15, 0.2) is 41.6 Å². The molecule has 0 saturated heterocycles. The van der Waals surface area contributed by atoms with E-state index in [1.54, 1.807) is 36.4 Å². The Morgan fingerprint density at radius 2 is 1.79 bits per heavy atom. The highest BCUT2D eigenvalue weighted by Crippen LogP contribution is 2.37. The Hall–Kier alpha value is -2.44. The molecule has 0 aliphatic carbocycles. The van der Waals surface area contributed by atoms with Crippen LogP contribution in [-0.2, 0) is 16.2 Å². The number of carbonyl (C=O) groups is 1. The molecule has 0 aliphatic heterocycles. The summed E-state index contributed by atoms with van der Waals surface area (Å²) in [5.41, 5.74) is 0.805. The van der Waals surface area contributed by atoms with Crippen LogP contribution in [-0.4, -0.2) is 30.5 Å². The third-order valence-corrected chi connectivity index (χ3v) is 4.53. The molecule has 0 fully saturated rings. The third-order valence-electron chi connectivity index (χ3n) is 3.97. The second-order valence-corrected chi connectivity index (χ2v) is 7.43. The van der Waals surface area contributed by atoms with Crippen molar-refractivity contribution in [2.75, 3.05) is 13.7 Å². The Morgan fingerprint density at radius 3 is 2.38 bits per heavy atom. The summed E-state index contributed by atoms with van der Waals surface area (Å²) in [6.45, 7) is 4.82. The van der Waals surface area contributed by atoms with E-state index < -0.39 is 5.97 Å². The largest absolute Gasteiger partial charge is 0.490 e. The molecule has 6 nitrogen and oxygen atoms in total. The van der Waals surface area contributed by atoms with Crippen molar-refractivity contribution >= 4 is 34.9 Å². The van der Waals surface area contributed by atoms with Gasteiger partial charge < -0.3 is 19.4 Å². The van der Waals surface area contributed by atoms with Crippen molar-refractivity contribution in [3.05, 3.63) is 57.6 Å². The molecule has 29 heavy (non-hydrogen) atoms. The first-order valence-corrected chi connectivity index (χ1v) is 9.76. The van der Waals surface area contributed by atoms with E-state index in [1.807, 2.05) is 0 Å². The van der Waals surface area contributed by atoms with Gasteiger partial charge >= 0.3 is 5.97 Å². The molecule has 0 heterocycles. The van der Waals surface area contributed by atoms with Crippen LogP contribution in [0.5, 0.6) is 11.5 Å². The molecule has 0 bridgehead atoms. The summed E-state index contributed by atoms with van der Waals surface area (Å²) in [6.07, 6.45) is 0.886. The van der Waals surface area contributed by atoms with Gasteiger partial charge in [-0.15, -0.1) is 0 Å². The number of ether oxygens (including phenoxy) is 2. The van der Waals surface area contributed by atoms with E-state index in [1.165, 1.54) is 7.11 Å². The number of hydrogen-bond donors (Lipinski definition) is 1. The van der Waals surface area contributed by atoms with Crippen LogP contribution in [0.1, 0.15) is 31.4 Å². The summed E-state index contributed by atoms with van der Waals surface area (Å²) in [6, 6.07) is 10.1. The molecular formula is C21H23Cl2NO5. The van der Waals surface area contributed by atoms with Crippen molar-refractivity contribution in [2.45, 2.75) is 26.9 Å². The Kier molecular flexibility index (Phi) is 8.61. The lowest BCUT2D eigenvalue weighted by atomic mass is 10.0. The monoisotopic (exact) mass is 439 g/mol. The SMILES string of the molecule is CON=C(C(=O)O)c1ccccc1COc1cc(Cl)c(OCCC(C)C)c(Cl)c1. The van der Waals surface area contributed by atoms with Gasteiger partial charge in [0.15, 0.2) is 11.5 Å². The zero-order valence-corrected chi connectivity index (χ0v) is 18.0. The number of carboxylic acids is 1. The van der Waals surface area contributed by atoms with Crippen LogP contribution < -0.4 is 9.47 Å². The van der Waals surface area contributed by atoms with Gasteiger partial charge in [0.1, 0.15) is 19.5 Å². The Labute approximate surface area is 180 Å². The number of aliphatic carboxylic acids is 1. The highest BCUT2D eigenvalue weighted by molar-refractivity contribution is 6.42. The van der Waals surface area contributed by atoms with Gasteiger partial charge in [-0.25, -0.2) is 4.79 Å². The Morgan fingerprint density at radius 1 is 1.14 bits per heavy atom. The molecule has 2 aromatic rings. The highest BCUT2D eigenvalue weighted by atomic mass is 35.5. The minimum atomic E-state index is -1.20. The second kappa shape index (κ2) is 10.9. The number of rotatable bonds is 10. The van der Waals surface area contributed by atoms with Crippen LogP contribution in [0.2, 0.25) is 10.0 Å². The van der Waals surface area contributed by atoms with E-state index in [4.69, 9.17) is 32.7 Å². The molecule has 1 N–H and O–H groups in total. The van der Waals surface area contributed by atoms with E-state index >= 15 is 0 Å². The molecule has 0 saturated carbocycles. The minimum Gasteiger partial charge on any atom is -0.490 e. The van der Waals surface area contributed by atoms with Gasteiger partial charge in [0, 0.05) is 17.7 Å². The summed E-state index contributed by atoms with van der Waals surface area (Å²) in [4.78, 5) is 16.1. The predicted molar refractivity (Wildman–Crippen MR) is 113 cm³/mol. The molecule has 0 aliphatic rings. The van der Waals surface area contributed by atoms with Gasteiger partial charge in [-0.3, -0.25) is 0 Å². The predicted octanol–water partition coefficient (Wildman–Crippen LogP) is 5.43. The summed E-state index contributed by atoms with van der Waals surface area (Å²) in [5.74, 6) is 0.162. The van der Waals surface area contributed by atoms with Crippen molar-refractivity contribution in [3.8, 4) is 11.5 Å². The van der Waals surface area contributed by atoms with Gasteiger partial charge in [0.05, 0.1) is 16.7 Å². The molecule has 0 unspecified atom stereocenters. The fraction of sp³-hybridized carbons (Fsp3) is 0.333. The average molecular weight is 440 g/mol. The topological polar surface area (TPSA) is 77.4 Å². The lowest BCUT2D eigenvalue weighted by Crippen LogP contribution is -2.17. The first-order valence-electron chi connectivity index (χ1n) is 9.00. The fourth-order valence-electron chi connectivity index (χ4n) is 2.49. The van der Waals surface area contributed by atoms with E-state index in [0.29, 0.717) is 45.2 Å². The van der Waals surface area contributed by atoms with E-state index in [-0.39, 0.29) is 12.3 Å². The Bertz CT molecular complexity index is 860. The summed E-state index contributed by atoms with van der Waals surface area (Å²) in [5, 5.41) is 13.7. The van der Waals surface area contributed by atoms with E-state index in [0.717, 1.165) is 6.42 Å². The summed E-state index contributed by atoms with van der Waals surface area (Å²) >= 11 is 12.6. The lowest BCUT2D eigenvalue weighted by molar-refractivity contribution is -0.129. The maximum atomic E-state index is 11.5. The third kappa shape index (κ3) is 6.54. The van der Waals surface area contributed by atoms with Crippen LogP contribution in [0.3, 0.4) is 0 Å². The molecule has 0 amide bonds. The summed E-state index contributed by atoms with van der Waals surface area (Å²) < 4.78 is 11.5. The van der Waals surface area contributed by atoms with Gasteiger partial charge in [-0.2, -0.15) is 0 Å². The lowest BCUT2D eigenvalue weighted by Gasteiger charge is -2.14. The number of hydrogen-bond acceptors (Lipinski definition) is 5. The number of halogens is 2. The van der Waals surface area contributed by atoms with Crippen LogP contribution in [0.25, 0.3) is 0 Å². The second-order valence-electron chi connectivity index (χ2n) is 6.62. The van der Waals surface area contributed by atoms with Crippen LogP contribution in [0, 0.1) is 5.92 Å². The molecule has 156 valence electrons. The zero-order chi connectivity index (χ0) is 21.4. The van der Waals surface area contributed by atoms with Crippen molar-refractivity contribution in [2.24, 2.45) is 11.1 Å². The maximum absolute atomic E-state index is 11.5. The molecule has 2 aromatic carbocycles. The summed E-state index contributed by atoms with van der Waals surface area (Å²) in [7, 11) is 1.29. The first-order chi connectivity index (χ1) is 13.8. The highest BCUT2D eigenvalue weighted by Gasteiger charge is 2.18. The van der Waals surface area contributed by atoms with E-state index in [9.17, 15) is 9.90 Å². The first kappa shape index (κ1) is 22.8. The Balaban J connectivity index is 2.17. The van der Waals surface area contributed by atoms with Gasteiger partial charge in [-0.1, -0.05) is 66.5 Å². The average Bonchev–Trinajstić information content (AvgIpc) is 2.66. The van der Waals surface area contributed by atoms with Crippen molar-refractivity contribution < 1.29 is 24.2 Å². The van der Waals surface area contributed by atoms with E-state index in [2.05, 4.69) is 23.8 Å². The number of benzene rings is 2. The van der Waals surface area contributed by atoms with Crippen molar-refractivity contribution in [1.82, 2.24) is 0 Å². The maximum Gasteiger partial charge on any atom is 0.358 e. The molecule has 0 atom stereocenters. The normalized spacial score (nSPS) is 11.4. The van der Waals surface area contributed by atoms with Crippen LogP contribution >= 0.6 is 23.2 Å².